The summed E-state index contributed by atoms with van der Waals surface area (Å²) in [7, 11) is -3.79. The highest BCUT2D eigenvalue weighted by Crippen LogP contribution is 2.23. The molecule has 0 aliphatic rings. The molecule has 2 rings (SSSR count). The lowest BCUT2D eigenvalue weighted by Gasteiger charge is -2.10. The van der Waals surface area contributed by atoms with Crippen molar-refractivity contribution in [3.05, 3.63) is 41.3 Å². The van der Waals surface area contributed by atoms with Crippen molar-refractivity contribution in [3.63, 3.8) is 0 Å². The molecule has 0 amide bonds. The molecule has 2 aromatic rings. The molecule has 0 radical (unpaired) electrons. The van der Waals surface area contributed by atoms with Gasteiger partial charge < -0.3 is 5.43 Å². The number of aromatic nitrogens is 2. The summed E-state index contributed by atoms with van der Waals surface area (Å²) < 4.78 is 26.9. The van der Waals surface area contributed by atoms with Crippen LogP contribution in [-0.2, 0) is 10.0 Å². The van der Waals surface area contributed by atoms with E-state index < -0.39 is 10.0 Å². The molecular formula is C11H12ClN5O2S. The Balaban J connectivity index is 2.36. The Morgan fingerprint density at radius 2 is 2.10 bits per heavy atom. The van der Waals surface area contributed by atoms with Gasteiger partial charge in [0.2, 0.25) is 0 Å². The van der Waals surface area contributed by atoms with Crippen molar-refractivity contribution < 1.29 is 8.42 Å². The van der Waals surface area contributed by atoms with Crippen LogP contribution in [0.4, 0.5) is 11.5 Å². The fraction of sp³-hybridized carbons (Fsp3) is 0.0909. The number of nitrogen functional groups attached to an aromatic ring is 1. The number of nitrogens with one attached hydrogen (secondary N) is 2. The zero-order valence-corrected chi connectivity index (χ0v) is 12.0. The molecule has 0 spiro atoms. The molecule has 0 saturated heterocycles. The van der Waals surface area contributed by atoms with E-state index >= 15 is 0 Å². The van der Waals surface area contributed by atoms with Crippen LogP contribution >= 0.6 is 11.6 Å². The minimum Gasteiger partial charge on any atom is -0.307 e. The summed E-state index contributed by atoms with van der Waals surface area (Å²) in [5, 5.41) is 0.110. The Morgan fingerprint density at radius 3 is 2.70 bits per heavy atom. The molecule has 0 saturated carbocycles. The van der Waals surface area contributed by atoms with E-state index in [0.29, 0.717) is 11.4 Å². The highest BCUT2D eigenvalue weighted by atomic mass is 35.5. The van der Waals surface area contributed by atoms with Crippen LogP contribution in [0.15, 0.2) is 35.5 Å². The van der Waals surface area contributed by atoms with Gasteiger partial charge in [0.05, 0.1) is 16.4 Å². The third kappa shape index (κ3) is 2.98. The number of halogens is 1. The van der Waals surface area contributed by atoms with E-state index in [-0.39, 0.29) is 15.7 Å². The lowest BCUT2D eigenvalue weighted by Crippen LogP contribution is -2.15. The summed E-state index contributed by atoms with van der Waals surface area (Å²) in [6.07, 6.45) is 2.74. The molecule has 9 heteroatoms. The largest absolute Gasteiger partial charge is 0.307 e. The van der Waals surface area contributed by atoms with Gasteiger partial charge in [-0.25, -0.2) is 19.2 Å². The van der Waals surface area contributed by atoms with E-state index in [1.165, 1.54) is 6.07 Å². The van der Waals surface area contributed by atoms with Crippen molar-refractivity contribution in [2.75, 3.05) is 10.1 Å². The van der Waals surface area contributed by atoms with Crippen molar-refractivity contribution in [1.82, 2.24) is 9.97 Å². The molecule has 2 aromatic heterocycles. The van der Waals surface area contributed by atoms with Gasteiger partial charge in [-0.3, -0.25) is 9.71 Å². The average Bonchev–Trinajstić information content (AvgIpc) is 2.41. The fourth-order valence-electron chi connectivity index (χ4n) is 1.47. The number of nitrogens with two attached hydrogens (primary N) is 1. The maximum atomic E-state index is 12.2. The second kappa shape index (κ2) is 5.61. The third-order valence-electron chi connectivity index (χ3n) is 2.51. The highest BCUT2D eigenvalue weighted by molar-refractivity contribution is 7.92. The summed E-state index contributed by atoms with van der Waals surface area (Å²) in [5.41, 5.74) is 3.22. The standard InChI is InChI=1S/C11H12ClN5O2S/c1-7-10(3-2-4-14-7)17-20(18,19)8-5-9(12)11(16-13)15-6-8/h2-6,17H,13H2,1H3,(H,15,16). The zero-order chi connectivity index (χ0) is 14.8. The Bertz CT molecular complexity index is 735. The Morgan fingerprint density at radius 1 is 1.35 bits per heavy atom. The molecule has 4 N–H and O–H groups in total. The highest BCUT2D eigenvalue weighted by Gasteiger charge is 2.17. The van der Waals surface area contributed by atoms with Gasteiger partial charge in [0.1, 0.15) is 4.90 Å². The monoisotopic (exact) mass is 313 g/mol. The molecule has 0 fully saturated rings. The first-order chi connectivity index (χ1) is 9.44. The van der Waals surface area contributed by atoms with Gasteiger partial charge >= 0.3 is 0 Å². The topological polar surface area (TPSA) is 110 Å². The minimum absolute atomic E-state index is 0.0650. The van der Waals surface area contributed by atoms with Gasteiger partial charge in [0, 0.05) is 12.4 Å². The quantitative estimate of drug-likeness (QED) is 0.583. The van der Waals surface area contributed by atoms with Crippen molar-refractivity contribution >= 4 is 33.1 Å². The molecule has 0 unspecified atom stereocenters. The van der Waals surface area contributed by atoms with Crippen LogP contribution in [0, 0.1) is 6.92 Å². The van der Waals surface area contributed by atoms with Crippen LogP contribution in [0.1, 0.15) is 5.69 Å². The predicted octanol–water partition coefficient (Wildman–Crippen LogP) is 1.52. The van der Waals surface area contributed by atoms with Gasteiger partial charge in [-0.15, -0.1) is 0 Å². The van der Waals surface area contributed by atoms with Crippen molar-refractivity contribution in [1.29, 1.82) is 0 Å². The number of pyridine rings is 2. The minimum atomic E-state index is -3.79. The Labute approximate surface area is 121 Å². The fourth-order valence-corrected chi connectivity index (χ4v) is 2.84. The van der Waals surface area contributed by atoms with E-state index in [9.17, 15) is 8.42 Å². The summed E-state index contributed by atoms with van der Waals surface area (Å²) in [6, 6.07) is 4.51. The molecule has 0 aromatic carbocycles. The Hall–Kier alpha value is -1.90. The smallest absolute Gasteiger partial charge is 0.263 e. The van der Waals surface area contributed by atoms with Crippen LogP contribution in [0.25, 0.3) is 0 Å². The van der Waals surface area contributed by atoms with Crippen molar-refractivity contribution in [2.45, 2.75) is 11.8 Å². The molecule has 0 bridgehead atoms. The number of rotatable bonds is 4. The van der Waals surface area contributed by atoms with Crippen LogP contribution in [0.3, 0.4) is 0 Å². The second-order valence-corrected chi connectivity index (χ2v) is 5.98. The lowest BCUT2D eigenvalue weighted by molar-refractivity contribution is 0.600. The zero-order valence-electron chi connectivity index (χ0n) is 10.5. The summed E-state index contributed by atoms with van der Waals surface area (Å²) >= 11 is 5.86. The summed E-state index contributed by atoms with van der Waals surface area (Å²) in [4.78, 5) is 7.77. The molecule has 7 nitrogen and oxygen atoms in total. The van der Waals surface area contributed by atoms with Gasteiger partial charge in [-0.1, -0.05) is 11.6 Å². The maximum absolute atomic E-state index is 12.2. The molecule has 20 heavy (non-hydrogen) atoms. The summed E-state index contributed by atoms with van der Waals surface area (Å²) in [6.45, 7) is 1.70. The lowest BCUT2D eigenvalue weighted by atomic mass is 10.3. The molecule has 0 aliphatic heterocycles. The Kier molecular flexibility index (Phi) is 4.07. The number of anilines is 2. The first-order valence-corrected chi connectivity index (χ1v) is 7.37. The van der Waals surface area contributed by atoms with Gasteiger partial charge in [-0.05, 0) is 25.1 Å². The van der Waals surface area contributed by atoms with E-state index in [1.807, 2.05) is 0 Å². The van der Waals surface area contributed by atoms with Crippen LogP contribution in [0.2, 0.25) is 5.02 Å². The summed E-state index contributed by atoms with van der Waals surface area (Å²) in [5.74, 6) is 5.38. The SMILES string of the molecule is Cc1ncccc1NS(=O)(=O)c1cnc(NN)c(Cl)c1. The second-order valence-electron chi connectivity index (χ2n) is 3.89. The molecule has 0 atom stereocenters. The number of hydrogen-bond acceptors (Lipinski definition) is 6. The van der Waals surface area contributed by atoms with Gasteiger partial charge in [0.25, 0.3) is 10.0 Å². The van der Waals surface area contributed by atoms with Crippen LogP contribution in [0.5, 0.6) is 0 Å². The average molecular weight is 314 g/mol. The van der Waals surface area contributed by atoms with Gasteiger partial charge in [0.15, 0.2) is 5.82 Å². The van der Waals surface area contributed by atoms with E-state index in [0.717, 1.165) is 6.20 Å². The number of hydrazine groups is 1. The van der Waals surface area contributed by atoms with E-state index in [4.69, 9.17) is 17.4 Å². The first kappa shape index (κ1) is 14.5. The van der Waals surface area contributed by atoms with E-state index in [1.54, 1.807) is 25.3 Å². The van der Waals surface area contributed by atoms with Crippen molar-refractivity contribution in [3.8, 4) is 0 Å². The van der Waals surface area contributed by atoms with Crippen LogP contribution < -0.4 is 16.0 Å². The van der Waals surface area contributed by atoms with E-state index in [2.05, 4.69) is 20.1 Å². The maximum Gasteiger partial charge on any atom is 0.263 e. The van der Waals surface area contributed by atoms with Crippen molar-refractivity contribution in [2.24, 2.45) is 5.84 Å². The third-order valence-corrected chi connectivity index (χ3v) is 4.13. The first-order valence-electron chi connectivity index (χ1n) is 5.50. The molecule has 2 heterocycles. The number of hydrogen-bond donors (Lipinski definition) is 3. The molecule has 106 valence electrons. The van der Waals surface area contributed by atoms with Crippen LogP contribution in [-0.4, -0.2) is 18.4 Å². The predicted molar refractivity (Wildman–Crippen MR) is 76.8 cm³/mol. The number of nitrogens with zero attached hydrogens (tertiary/aromatic N) is 2. The molecule has 0 aliphatic carbocycles. The van der Waals surface area contributed by atoms with Gasteiger partial charge in [-0.2, -0.15) is 0 Å². The number of sulfonamides is 1. The normalized spacial score (nSPS) is 11.2. The molecular weight excluding hydrogens is 302 g/mol. The number of aryl methyl sites for hydroxylation is 1.